The van der Waals surface area contributed by atoms with Gasteiger partial charge in [-0.2, -0.15) is 20.3 Å². The van der Waals surface area contributed by atoms with Gasteiger partial charge in [0.1, 0.15) is 0 Å². The van der Waals surface area contributed by atoms with E-state index in [-0.39, 0.29) is 29.1 Å². The van der Waals surface area contributed by atoms with Crippen molar-refractivity contribution in [3.05, 3.63) is 22.7 Å². The average Bonchev–Trinajstić information content (AvgIpc) is 3.05. The van der Waals surface area contributed by atoms with Crippen molar-refractivity contribution in [3.8, 4) is 11.5 Å². The molecule has 0 saturated carbocycles. The van der Waals surface area contributed by atoms with Gasteiger partial charge in [0, 0.05) is 24.7 Å². The lowest BCUT2D eigenvalue weighted by atomic mass is 10.2. The van der Waals surface area contributed by atoms with Crippen LogP contribution in [0.3, 0.4) is 0 Å². The highest BCUT2D eigenvalue weighted by Gasteiger charge is 2.14. The van der Waals surface area contributed by atoms with E-state index >= 15 is 0 Å². The molecule has 0 saturated heterocycles. The Kier molecular flexibility index (Phi) is 4.72. The molecule has 2 aromatic heterocycles. The first-order chi connectivity index (χ1) is 12.0. The van der Waals surface area contributed by atoms with Crippen LogP contribution in [0.4, 0.5) is 11.8 Å². The van der Waals surface area contributed by atoms with Gasteiger partial charge in [-0.05, 0) is 13.0 Å². The number of rotatable bonds is 6. The summed E-state index contributed by atoms with van der Waals surface area (Å²) in [5.74, 6) is 0.111. The first kappa shape index (κ1) is 17.0. The van der Waals surface area contributed by atoms with Crippen LogP contribution in [0.2, 0.25) is 5.02 Å². The summed E-state index contributed by atoms with van der Waals surface area (Å²) in [6.45, 7) is 2.54. The van der Waals surface area contributed by atoms with Crippen molar-refractivity contribution in [2.75, 3.05) is 17.2 Å². The minimum Gasteiger partial charge on any atom is -0.504 e. The molecule has 0 amide bonds. The van der Waals surface area contributed by atoms with Gasteiger partial charge in [-0.25, -0.2) is 0 Å². The molecular weight excluding hydrogens is 348 g/mol. The fraction of sp³-hybridized carbons (Fsp3) is 0.286. The molecule has 0 aliphatic carbocycles. The van der Waals surface area contributed by atoms with Gasteiger partial charge in [0.25, 0.3) is 0 Å². The lowest BCUT2D eigenvalue weighted by molar-refractivity contribution is 0.400. The van der Waals surface area contributed by atoms with Crippen LogP contribution in [0, 0.1) is 0 Å². The Bertz CT molecular complexity index is 898. The molecule has 3 rings (SSSR count). The molecule has 3 aromatic rings. The summed E-state index contributed by atoms with van der Waals surface area (Å²) >= 11 is 5.76. The van der Waals surface area contributed by atoms with Gasteiger partial charge in [0.15, 0.2) is 22.8 Å². The average molecular weight is 365 g/mol. The zero-order valence-corrected chi connectivity index (χ0v) is 14.0. The van der Waals surface area contributed by atoms with Crippen LogP contribution in [0.15, 0.2) is 12.1 Å². The number of fused-ring (bicyclic) bond motifs is 1. The van der Waals surface area contributed by atoms with Crippen LogP contribution in [-0.2, 0) is 6.54 Å². The molecule has 10 nitrogen and oxygen atoms in total. The van der Waals surface area contributed by atoms with Crippen LogP contribution >= 0.6 is 11.6 Å². The van der Waals surface area contributed by atoms with Crippen LogP contribution in [0.1, 0.15) is 12.5 Å². The van der Waals surface area contributed by atoms with Crippen molar-refractivity contribution < 1.29 is 10.2 Å². The number of benzene rings is 1. The Labute approximate surface area is 147 Å². The Hall–Kier alpha value is -2.85. The summed E-state index contributed by atoms with van der Waals surface area (Å²) in [4.78, 5) is 8.58. The molecule has 0 radical (unpaired) electrons. The number of phenolic OH excluding ortho intramolecular Hbond substituents is 2. The summed E-state index contributed by atoms with van der Waals surface area (Å²) in [6, 6.07) is 3.03. The topological polar surface area (TPSA) is 158 Å². The zero-order chi connectivity index (χ0) is 18.0. The number of hydrogen-bond acceptors (Lipinski definition) is 9. The predicted molar refractivity (Wildman–Crippen MR) is 93.7 cm³/mol. The molecule has 25 heavy (non-hydrogen) atoms. The third kappa shape index (κ3) is 3.64. The van der Waals surface area contributed by atoms with E-state index in [1.807, 2.05) is 6.92 Å². The molecule has 7 N–H and O–H groups in total. The highest BCUT2D eigenvalue weighted by Crippen LogP contribution is 2.36. The summed E-state index contributed by atoms with van der Waals surface area (Å²) < 4.78 is 0. The smallest absolute Gasteiger partial charge is 0.226 e. The lowest BCUT2D eigenvalue weighted by Gasteiger charge is -2.11. The monoisotopic (exact) mass is 364 g/mol. The molecule has 1 aromatic carbocycles. The highest BCUT2D eigenvalue weighted by molar-refractivity contribution is 6.32. The number of nitrogens with zero attached hydrogens (tertiary/aromatic N) is 4. The van der Waals surface area contributed by atoms with Crippen molar-refractivity contribution in [1.29, 1.82) is 0 Å². The number of halogens is 1. The maximum absolute atomic E-state index is 9.96. The second-order valence-corrected chi connectivity index (χ2v) is 5.91. The van der Waals surface area contributed by atoms with Crippen molar-refractivity contribution >= 4 is 34.5 Å². The number of phenols is 2. The summed E-state index contributed by atoms with van der Waals surface area (Å²) in [5.41, 5.74) is 7.00. The van der Waals surface area contributed by atoms with Gasteiger partial charge in [-0.3, -0.25) is 0 Å². The van der Waals surface area contributed by atoms with Crippen molar-refractivity contribution in [2.24, 2.45) is 5.73 Å². The minimum absolute atomic E-state index is 0.0676. The molecule has 0 aliphatic rings. The quantitative estimate of drug-likeness (QED) is 0.353. The molecular formula is C14H17ClN8O2. The van der Waals surface area contributed by atoms with Gasteiger partial charge in [-0.1, -0.05) is 17.7 Å². The highest BCUT2D eigenvalue weighted by atomic mass is 35.5. The third-order valence-corrected chi connectivity index (χ3v) is 3.70. The molecule has 2 heterocycles. The van der Waals surface area contributed by atoms with E-state index in [2.05, 4.69) is 36.0 Å². The van der Waals surface area contributed by atoms with E-state index in [0.29, 0.717) is 35.0 Å². The van der Waals surface area contributed by atoms with Crippen LogP contribution in [-0.4, -0.2) is 48.2 Å². The van der Waals surface area contributed by atoms with E-state index in [4.69, 9.17) is 17.3 Å². The summed E-state index contributed by atoms with van der Waals surface area (Å²) in [7, 11) is 0. The van der Waals surface area contributed by atoms with Crippen LogP contribution in [0.5, 0.6) is 11.5 Å². The fourth-order valence-electron chi connectivity index (χ4n) is 2.12. The lowest BCUT2D eigenvalue weighted by Crippen LogP contribution is -2.26. The first-order valence-electron chi connectivity index (χ1n) is 7.47. The molecule has 11 heteroatoms. The second kappa shape index (κ2) is 6.95. The third-order valence-electron chi connectivity index (χ3n) is 3.40. The Morgan fingerprint density at radius 1 is 1.20 bits per heavy atom. The molecule has 132 valence electrons. The Morgan fingerprint density at radius 3 is 2.76 bits per heavy atom. The molecule has 0 spiro atoms. The van der Waals surface area contributed by atoms with E-state index < -0.39 is 0 Å². The number of H-pyrrole nitrogens is 1. The van der Waals surface area contributed by atoms with E-state index in [0.717, 1.165) is 0 Å². The maximum Gasteiger partial charge on any atom is 0.226 e. The van der Waals surface area contributed by atoms with Gasteiger partial charge in [0.2, 0.25) is 11.6 Å². The van der Waals surface area contributed by atoms with Crippen molar-refractivity contribution in [1.82, 2.24) is 25.4 Å². The largest absolute Gasteiger partial charge is 0.504 e. The van der Waals surface area contributed by atoms with E-state index in [1.165, 1.54) is 6.07 Å². The normalized spacial score (nSPS) is 12.3. The first-order valence-corrected chi connectivity index (χ1v) is 7.84. The number of aromatic nitrogens is 5. The van der Waals surface area contributed by atoms with Gasteiger partial charge < -0.3 is 26.6 Å². The van der Waals surface area contributed by atoms with Gasteiger partial charge in [-0.15, -0.1) is 5.10 Å². The Balaban J connectivity index is 1.85. The van der Waals surface area contributed by atoms with Crippen LogP contribution in [0.25, 0.3) is 11.2 Å². The number of nitrogens with two attached hydrogens (primary N) is 1. The fourth-order valence-corrected chi connectivity index (χ4v) is 2.27. The number of aromatic hydroxyl groups is 2. The standard InChI is InChI=1S/C14H17ClN8O2/c1-6(16)4-18-14-19-12(9-13(20-14)22-23-21-9)17-5-7-2-3-8(15)11(25)10(7)24/h2-3,6,24-25H,4-5,16H2,1H3,(H3,17,18,19,20,21,22,23). The molecule has 0 aliphatic heterocycles. The number of anilines is 2. The van der Waals surface area contributed by atoms with Gasteiger partial charge in [0.05, 0.1) is 5.02 Å². The SMILES string of the molecule is CC(N)CNc1nc(NCc2ccc(Cl)c(O)c2O)c2n[nH]nc2n1. The zero-order valence-electron chi connectivity index (χ0n) is 13.3. The number of nitrogens with one attached hydrogen (secondary N) is 3. The molecule has 1 unspecified atom stereocenters. The van der Waals surface area contributed by atoms with Crippen molar-refractivity contribution in [3.63, 3.8) is 0 Å². The summed E-state index contributed by atoms with van der Waals surface area (Å²) in [6.07, 6.45) is 0. The second-order valence-electron chi connectivity index (χ2n) is 5.51. The van der Waals surface area contributed by atoms with Crippen molar-refractivity contribution in [2.45, 2.75) is 19.5 Å². The maximum atomic E-state index is 9.96. The molecule has 0 fully saturated rings. The molecule has 0 bridgehead atoms. The van der Waals surface area contributed by atoms with E-state index in [9.17, 15) is 10.2 Å². The number of aromatic amines is 1. The molecule has 1 atom stereocenters. The predicted octanol–water partition coefficient (Wildman–Crippen LogP) is 1.18. The van der Waals surface area contributed by atoms with Crippen LogP contribution < -0.4 is 16.4 Å². The summed E-state index contributed by atoms with van der Waals surface area (Å²) in [5, 5.41) is 36.3. The minimum atomic E-state index is -0.366. The van der Waals surface area contributed by atoms with Gasteiger partial charge >= 0.3 is 0 Å². The number of hydrogen-bond donors (Lipinski definition) is 6. The van der Waals surface area contributed by atoms with E-state index in [1.54, 1.807) is 6.07 Å². The Morgan fingerprint density at radius 2 is 2.00 bits per heavy atom.